The van der Waals surface area contributed by atoms with Crippen LogP contribution in [0.1, 0.15) is 36.1 Å². The highest BCUT2D eigenvalue weighted by molar-refractivity contribution is 5.43. The Morgan fingerprint density at radius 3 is 2.29 bits per heavy atom. The van der Waals surface area contributed by atoms with Crippen LogP contribution in [0.5, 0.6) is 11.5 Å². The number of benzene rings is 2. The number of ether oxygens (including phenoxy) is 1. The Morgan fingerprint density at radius 2 is 1.62 bits per heavy atom. The van der Waals surface area contributed by atoms with E-state index in [9.17, 15) is 5.11 Å². The first-order valence-corrected chi connectivity index (χ1v) is 7.33. The minimum absolute atomic E-state index is 0.325. The van der Waals surface area contributed by atoms with Gasteiger partial charge >= 0.3 is 0 Å². The van der Waals surface area contributed by atoms with Crippen molar-refractivity contribution >= 4 is 0 Å². The summed E-state index contributed by atoms with van der Waals surface area (Å²) in [6.45, 7) is 10.4. The second kappa shape index (κ2) is 5.80. The molecule has 0 heterocycles. The van der Waals surface area contributed by atoms with Crippen LogP contribution in [-0.2, 0) is 6.42 Å². The summed E-state index contributed by atoms with van der Waals surface area (Å²) in [5, 5.41) is 9.92. The lowest BCUT2D eigenvalue weighted by Gasteiger charge is -2.28. The maximum atomic E-state index is 9.92. The molecule has 0 radical (unpaired) electrons. The first-order valence-electron chi connectivity index (χ1n) is 7.33. The number of hydrogen-bond acceptors (Lipinski definition) is 2. The molecular formula is C19H24O2. The monoisotopic (exact) mass is 284 g/mol. The predicted octanol–water partition coefficient (Wildman–Crippen LogP) is 4.72. The summed E-state index contributed by atoms with van der Waals surface area (Å²) in [5.74, 6) is 1.24. The van der Waals surface area contributed by atoms with Crippen LogP contribution < -0.4 is 4.74 Å². The molecule has 2 heteroatoms. The highest BCUT2D eigenvalue weighted by Crippen LogP contribution is 2.30. The molecule has 2 aromatic carbocycles. The zero-order chi connectivity index (χ0) is 15.6. The zero-order valence-electron chi connectivity index (χ0n) is 13.5. The quantitative estimate of drug-likeness (QED) is 0.880. The number of phenolic OH excluding ortho intramolecular Hbond substituents is 1. The van der Waals surface area contributed by atoms with E-state index in [1.54, 1.807) is 6.07 Å². The van der Waals surface area contributed by atoms with E-state index in [2.05, 4.69) is 26.8 Å². The maximum Gasteiger partial charge on any atom is 0.123 e. The van der Waals surface area contributed by atoms with Crippen molar-refractivity contribution in [3.05, 3.63) is 58.7 Å². The van der Waals surface area contributed by atoms with Gasteiger partial charge in [-0.2, -0.15) is 0 Å². The number of para-hydroxylation sites is 1. The summed E-state index contributed by atoms with van der Waals surface area (Å²) in [4.78, 5) is 0. The molecule has 112 valence electrons. The summed E-state index contributed by atoms with van der Waals surface area (Å²) in [7, 11) is 0. The van der Waals surface area contributed by atoms with Crippen molar-refractivity contribution in [2.24, 2.45) is 0 Å². The third-order valence-corrected chi connectivity index (χ3v) is 4.00. The summed E-state index contributed by atoms with van der Waals surface area (Å²) in [6, 6.07) is 11.5. The van der Waals surface area contributed by atoms with Gasteiger partial charge in [-0.05, 0) is 69.0 Å². The molecule has 0 unspecified atom stereocenters. The molecule has 21 heavy (non-hydrogen) atoms. The smallest absolute Gasteiger partial charge is 0.123 e. The number of aromatic hydroxyl groups is 1. The molecule has 0 amide bonds. The van der Waals surface area contributed by atoms with E-state index < -0.39 is 0 Å². The molecule has 0 saturated heterocycles. The second-order valence-corrected chi connectivity index (χ2v) is 6.30. The van der Waals surface area contributed by atoms with Crippen molar-refractivity contribution in [1.29, 1.82) is 0 Å². The van der Waals surface area contributed by atoms with Crippen LogP contribution in [0.4, 0.5) is 0 Å². The Balaban J connectivity index is 2.22. The average molecular weight is 284 g/mol. The van der Waals surface area contributed by atoms with Crippen LogP contribution in [0.25, 0.3) is 0 Å². The van der Waals surface area contributed by atoms with Crippen molar-refractivity contribution in [1.82, 2.24) is 0 Å². The Kier molecular flexibility index (Phi) is 4.26. The van der Waals surface area contributed by atoms with E-state index in [1.165, 1.54) is 16.7 Å². The van der Waals surface area contributed by atoms with Crippen molar-refractivity contribution in [3.8, 4) is 11.5 Å². The van der Waals surface area contributed by atoms with Crippen molar-refractivity contribution in [2.45, 2.75) is 46.6 Å². The van der Waals surface area contributed by atoms with E-state index in [-0.39, 0.29) is 5.60 Å². The van der Waals surface area contributed by atoms with E-state index in [1.807, 2.05) is 38.1 Å². The van der Waals surface area contributed by atoms with Crippen LogP contribution in [-0.4, -0.2) is 10.7 Å². The number of aryl methyl sites for hydroxylation is 1. The first kappa shape index (κ1) is 15.4. The Labute approximate surface area is 127 Å². The van der Waals surface area contributed by atoms with Crippen LogP contribution in [0, 0.1) is 20.8 Å². The number of rotatable bonds is 4. The minimum Gasteiger partial charge on any atom is -0.508 e. The number of hydrogen-bond donors (Lipinski definition) is 1. The summed E-state index contributed by atoms with van der Waals surface area (Å²) < 4.78 is 6.22. The SMILES string of the molecule is Cc1ccc(OC(C)(C)Cc2ccccc2O)c(C)c1C. The van der Waals surface area contributed by atoms with Crippen LogP contribution >= 0.6 is 0 Å². The molecule has 2 rings (SSSR count). The van der Waals surface area contributed by atoms with E-state index in [0.29, 0.717) is 12.2 Å². The summed E-state index contributed by atoms with van der Waals surface area (Å²) >= 11 is 0. The summed E-state index contributed by atoms with van der Waals surface area (Å²) in [6.07, 6.45) is 0.659. The third-order valence-electron chi connectivity index (χ3n) is 4.00. The molecule has 0 bridgehead atoms. The largest absolute Gasteiger partial charge is 0.508 e. The molecule has 2 nitrogen and oxygen atoms in total. The van der Waals surface area contributed by atoms with Crippen molar-refractivity contribution in [2.75, 3.05) is 0 Å². The zero-order valence-corrected chi connectivity index (χ0v) is 13.5. The topological polar surface area (TPSA) is 29.5 Å². The normalized spacial score (nSPS) is 11.5. The highest BCUT2D eigenvalue weighted by Gasteiger charge is 2.23. The van der Waals surface area contributed by atoms with E-state index in [0.717, 1.165) is 11.3 Å². The van der Waals surface area contributed by atoms with Crippen molar-refractivity contribution in [3.63, 3.8) is 0 Å². The van der Waals surface area contributed by atoms with Crippen LogP contribution in [0.2, 0.25) is 0 Å². The molecule has 1 N–H and O–H groups in total. The molecule has 0 spiro atoms. The van der Waals surface area contributed by atoms with Gasteiger partial charge in [0.15, 0.2) is 0 Å². The minimum atomic E-state index is -0.384. The van der Waals surface area contributed by atoms with Gasteiger partial charge in [0.05, 0.1) is 0 Å². The molecule has 0 aromatic heterocycles. The fourth-order valence-electron chi connectivity index (χ4n) is 2.49. The summed E-state index contributed by atoms with van der Waals surface area (Å²) in [5.41, 5.74) is 4.25. The van der Waals surface area contributed by atoms with Gasteiger partial charge in [0.1, 0.15) is 17.1 Å². The van der Waals surface area contributed by atoms with Gasteiger partial charge in [-0.3, -0.25) is 0 Å². The van der Waals surface area contributed by atoms with E-state index >= 15 is 0 Å². The van der Waals surface area contributed by atoms with Gasteiger partial charge in [0.25, 0.3) is 0 Å². The molecular weight excluding hydrogens is 260 g/mol. The van der Waals surface area contributed by atoms with E-state index in [4.69, 9.17) is 4.74 Å². The maximum absolute atomic E-state index is 9.92. The van der Waals surface area contributed by atoms with Gasteiger partial charge < -0.3 is 9.84 Å². The van der Waals surface area contributed by atoms with Gasteiger partial charge in [-0.25, -0.2) is 0 Å². The highest BCUT2D eigenvalue weighted by atomic mass is 16.5. The van der Waals surface area contributed by atoms with Crippen LogP contribution in [0.3, 0.4) is 0 Å². The average Bonchev–Trinajstić information content (AvgIpc) is 2.42. The van der Waals surface area contributed by atoms with Gasteiger partial charge in [0, 0.05) is 6.42 Å². The number of phenols is 1. The Morgan fingerprint density at radius 1 is 0.952 bits per heavy atom. The van der Waals surface area contributed by atoms with Crippen molar-refractivity contribution < 1.29 is 9.84 Å². The molecule has 0 aliphatic carbocycles. The molecule has 0 fully saturated rings. The third kappa shape index (κ3) is 3.57. The Hall–Kier alpha value is -1.96. The molecule has 0 saturated carbocycles. The lowest BCUT2D eigenvalue weighted by Crippen LogP contribution is -2.31. The first-order chi connectivity index (χ1) is 9.80. The lowest BCUT2D eigenvalue weighted by molar-refractivity contribution is 0.108. The van der Waals surface area contributed by atoms with Gasteiger partial charge in [-0.15, -0.1) is 0 Å². The second-order valence-electron chi connectivity index (χ2n) is 6.30. The predicted molar refractivity (Wildman–Crippen MR) is 87.2 cm³/mol. The van der Waals surface area contributed by atoms with Crippen LogP contribution in [0.15, 0.2) is 36.4 Å². The Bertz CT molecular complexity index is 642. The molecule has 0 atom stereocenters. The standard InChI is InChI=1S/C19H24O2/c1-13-10-11-18(15(3)14(13)2)21-19(4,5)12-16-8-6-7-9-17(16)20/h6-11,20H,12H2,1-5H3. The fraction of sp³-hybridized carbons (Fsp3) is 0.368. The lowest BCUT2D eigenvalue weighted by atomic mass is 9.97. The van der Waals surface area contributed by atoms with Gasteiger partial charge in [0.2, 0.25) is 0 Å². The van der Waals surface area contributed by atoms with Gasteiger partial charge in [-0.1, -0.05) is 24.3 Å². The molecule has 2 aromatic rings. The molecule has 0 aliphatic heterocycles. The molecule has 0 aliphatic rings. The fourth-order valence-corrected chi connectivity index (χ4v) is 2.49.